The Morgan fingerprint density at radius 1 is 0.198 bits per heavy atom. The lowest BCUT2D eigenvalue weighted by Crippen LogP contribution is -3.07. The van der Waals surface area contributed by atoms with E-state index < -0.39 is 234 Å². The van der Waals surface area contributed by atoms with Crippen LogP contribution >= 0.6 is 0 Å². The summed E-state index contributed by atoms with van der Waals surface area (Å²) in [5, 5.41) is -25.0. The van der Waals surface area contributed by atoms with Crippen LogP contribution in [0.15, 0.2) is 24.3 Å². The average Bonchev–Trinajstić information content (AvgIpc) is 0.668. The molecule has 9 aromatic carbocycles. The number of hydrogen-bond donors (Lipinski definition) is 1. The van der Waals surface area contributed by atoms with Crippen LogP contribution in [0.2, 0.25) is 0 Å². The molecule has 0 radical (unpaired) electrons. The molecule has 0 fully saturated rings. The van der Waals surface area contributed by atoms with Crippen LogP contribution in [-0.2, 0) is 0 Å². The Morgan fingerprint density at radius 2 is 0.360 bits per heavy atom. The first-order valence-electron chi connectivity index (χ1n) is 37.1. The highest BCUT2D eigenvalue weighted by Crippen LogP contribution is 2.42. The molecule has 0 bridgehead atoms. The molecule has 111 heavy (non-hydrogen) atoms. The first-order valence-corrected chi connectivity index (χ1v) is 37.1. The Bertz CT molecular complexity index is 4380. The predicted molar refractivity (Wildman–Crippen MR) is 370 cm³/mol. The highest BCUT2D eigenvalue weighted by molar-refractivity contribution is 7.20. The molecule has 0 amide bonds. The number of quaternary nitrogens is 1. The van der Waals surface area contributed by atoms with Crippen LogP contribution in [0.25, 0.3) is 43.1 Å². The molecule has 0 saturated carbocycles. The van der Waals surface area contributed by atoms with Crippen molar-refractivity contribution >= 4 is 76.8 Å². The van der Waals surface area contributed by atoms with Crippen molar-refractivity contribution in [1.82, 2.24) is 0 Å². The Morgan fingerprint density at radius 3 is 0.550 bits per heavy atom. The van der Waals surface area contributed by atoms with E-state index >= 15 is 87.8 Å². The lowest BCUT2D eigenvalue weighted by atomic mass is 9.12. The third-order valence-electron chi connectivity index (χ3n) is 20.9. The van der Waals surface area contributed by atoms with Gasteiger partial charge in [0.05, 0.1) is 56.2 Å². The van der Waals surface area contributed by atoms with Gasteiger partial charge in [-0.2, -0.15) is 0 Å². The molecule has 0 spiro atoms. The zero-order chi connectivity index (χ0) is 81.8. The fourth-order valence-electron chi connectivity index (χ4n) is 15.2. The summed E-state index contributed by atoms with van der Waals surface area (Å²) < 4.78 is 442. The highest BCUT2D eigenvalue weighted by Gasteiger charge is 2.53. The van der Waals surface area contributed by atoms with Gasteiger partial charge in [0, 0.05) is 5.56 Å². The molecular formula is C81H78BF28N. The molecule has 9 aromatic rings. The van der Waals surface area contributed by atoms with Gasteiger partial charge in [0.25, 0.3) is 0 Å². The fraction of sp³-hybridized carbons (Fsp3) is 0.432. The van der Waals surface area contributed by atoms with Gasteiger partial charge in [0.2, 0.25) is 0 Å². The summed E-state index contributed by atoms with van der Waals surface area (Å²) in [6.07, 6.45) is 35.5. The lowest BCUT2D eigenvalue weighted by molar-refractivity contribution is -0.833. The number of benzene rings is 9. The molecule has 0 aliphatic carbocycles. The monoisotopic (exact) mass is 1610 g/mol. The zero-order valence-electron chi connectivity index (χ0n) is 60.6. The average molecular weight is 1610 g/mol. The minimum atomic E-state index is -7.99. The number of nitrogens with one attached hydrogen (secondary N) is 1. The lowest BCUT2D eigenvalue weighted by Gasteiger charge is -2.45. The smallest absolute Gasteiger partial charge is 0.198 e. The molecular weight excluding hydrogens is 1530 g/mol. The molecule has 30 heteroatoms. The molecule has 0 aliphatic heterocycles. The maximum Gasteiger partial charge on any atom is 0.198 e. The van der Waals surface area contributed by atoms with Gasteiger partial charge in [-0.05, 0) is 38.7 Å². The summed E-state index contributed by atoms with van der Waals surface area (Å²) in [7, 11) is 0. The minimum Gasteiger partial charge on any atom is -0.302 e. The van der Waals surface area contributed by atoms with Gasteiger partial charge in [-0.1, -0.05) is 199 Å². The molecule has 1 unspecified atom stereocenters. The van der Waals surface area contributed by atoms with Gasteiger partial charge in [-0.25, -0.2) is 123 Å². The second kappa shape index (κ2) is 39.2. The third kappa shape index (κ3) is 17.6. The van der Waals surface area contributed by atoms with Crippen LogP contribution in [0.5, 0.6) is 0 Å². The van der Waals surface area contributed by atoms with Crippen molar-refractivity contribution in [3.05, 3.63) is 193 Å². The van der Waals surface area contributed by atoms with Gasteiger partial charge in [0.1, 0.15) is 58.4 Å². The maximum atomic E-state index is 17.4. The van der Waals surface area contributed by atoms with E-state index in [1.807, 2.05) is 0 Å². The summed E-state index contributed by atoms with van der Waals surface area (Å²) >= 11 is 0. The van der Waals surface area contributed by atoms with Crippen molar-refractivity contribution in [1.29, 1.82) is 0 Å². The van der Waals surface area contributed by atoms with Gasteiger partial charge >= 0.3 is 0 Å². The van der Waals surface area contributed by atoms with E-state index in [0.717, 1.165) is 0 Å². The minimum absolute atomic E-state index is 1.32. The number of para-hydroxylation sites is 1. The van der Waals surface area contributed by atoms with Crippen molar-refractivity contribution in [3.63, 3.8) is 0 Å². The number of rotatable bonds is 37. The first-order chi connectivity index (χ1) is 52.8. The summed E-state index contributed by atoms with van der Waals surface area (Å²) in [4.78, 5) is 1.75. The fourth-order valence-corrected chi connectivity index (χ4v) is 15.2. The topological polar surface area (TPSA) is 4.44 Å². The van der Waals surface area contributed by atoms with E-state index in [0.29, 0.717) is 0 Å². The number of hydrogen-bond acceptors (Lipinski definition) is 0. The molecule has 1 N–H and O–H groups in total. The second-order valence-electron chi connectivity index (χ2n) is 28.1. The van der Waals surface area contributed by atoms with E-state index in [-0.39, 0.29) is 0 Å². The normalized spacial score (nSPS) is 12.3. The van der Waals surface area contributed by atoms with E-state index in [4.69, 9.17) is 0 Å². The molecule has 0 saturated heterocycles. The second-order valence-corrected chi connectivity index (χ2v) is 28.1. The van der Waals surface area contributed by atoms with E-state index in [1.165, 1.54) is 211 Å². The van der Waals surface area contributed by atoms with Crippen LogP contribution in [0, 0.1) is 170 Å². The van der Waals surface area contributed by atoms with Crippen LogP contribution < -0.4 is 26.8 Å². The quantitative estimate of drug-likeness (QED) is 0.0130. The molecule has 9 rings (SSSR count). The summed E-state index contributed by atoms with van der Waals surface area (Å²) in [6, 6.07) is 9.16. The number of unbranched alkanes of at least 4 members (excludes halogenated alkanes) is 28. The van der Waals surface area contributed by atoms with E-state index in [9.17, 15) is 35.1 Å². The summed E-state index contributed by atoms with van der Waals surface area (Å²) in [5.41, 5.74) is -12.8. The van der Waals surface area contributed by atoms with Gasteiger partial charge in [-0.15, -0.1) is 21.9 Å². The standard InChI is InChI=1S/C41H77N.C40BF28/c1-4-6-8-10-12-14-16-18-20-21-23-25-27-29-31-35-39-42(41-37-33-32-36-40(41)3)38-34-30-28-26-24-22-19-17-15-13-11-9-7-5-2;42-13-1-5(25(54)37(66)33(62)21(1)50)17(46)29(58)9(13)41(10-14(43)2-6(18(47)30(10)59)26(55)38(67)34(63)22(2)51,11-15(44)3-7(19(48)31(11)60)27(56)39(68)35(64)23(3)52)12-16(45)4-8(20(49)32(12)61)28(57)40(69)36(65)24(4)53/h32-33,36-37H,4-31,34-35,38-39H2,1-3H3;/q;-1/p+1. The Balaban J connectivity index is 0.000000317. The Kier molecular flexibility index (Phi) is 31.3. The molecule has 1 nitrogen and oxygen atoms in total. The number of aryl methyl sites for hydroxylation is 1. The predicted octanol–water partition coefficient (Wildman–Crippen LogP) is 24.8. The van der Waals surface area contributed by atoms with E-state index in [1.54, 1.807) is 10.6 Å². The van der Waals surface area contributed by atoms with Gasteiger partial charge < -0.3 is 4.90 Å². The van der Waals surface area contributed by atoms with Crippen LogP contribution in [0.4, 0.5) is 129 Å². The van der Waals surface area contributed by atoms with Gasteiger partial charge in [0.15, 0.2) is 116 Å². The first kappa shape index (κ1) is 88.6. The zero-order valence-corrected chi connectivity index (χ0v) is 60.6. The summed E-state index contributed by atoms with van der Waals surface area (Å²) in [5.74, 6) is -102. The van der Waals surface area contributed by atoms with Crippen molar-refractivity contribution in [2.75, 3.05) is 13.1 Å². The van der Waals surface area contributed by atoms with E-state index in [2.05, 4.69) is 45.0 Å². The molecule has 1 atom stereocenters. The molecule has 606 valence electrons. The Hall–Kier alpha value is -7.92. The molecule has 0 aromatic heterocycles. The van der Waals surface area contributed by atoms with Crippen molar-refractivity contribution in [2.45, 2.75) is 213 Å². The highest BCUT2D eigenvalue weighted by atomic mass is 19.2. The number of fused-ring (bicyclic) bond motifs is 4. The third-order valence-corrected chi connectivity index (χ3v) is 20.9. The molecule has 0 aliphatic rings. The van der Waals surface area contributed by atoms with Crippen LogP contribution in [0.1, 0.15) is 212 Å². The van der Waals surface area contributed by atoms with Crippen LogP contribution in [0.3, 0.4) is 0 Å². The van der Waals surface area contributed by atoms with Crippen LogP contribution in [-0.4, -0.2) is 19.2 Å². The summed E-state index contributed by atoms with van der Waals surface area (Å²) in [6.45, 7) is 9.57. The van der Waals surface area contributed by atoms with Gasteiger partial charge in [-0.3, -0.25) is 0 Å². The Labute approximate surface area is 621 Å². The maximum absolute atomic E-state index is 17.4. The van der Waals surface area contributed by atoms with Crippen molar-refractivity contribution in [3.8, 4) is 0 Å². The molecule has 0 heterocycles. The SMILES string of the molecule is CCCCCCCCCCCCCCCCCC[NH+](CCCCCCCCCCCCCCCC)c1ccccc1C.Fc1c(F)c(F)c2c(F)c([B-](c3c(F)c(F)c4c(F)c(F)c(F)c(F)c4c3F)(c3c(F)c(F)c4c(F)c(F)c(F)c(F)c4c3F)c3c(F)c(F)c4c(F)c(F)c(F)c(F)c4c3F)c(F)c(F)c2c1F. The number of halogens is 28. The van der Waals surface area contributed by atoms with Crippen molar-refractivity contribution < 1.29 is 128 Å². The largest absolute Gasteiger partial charge is 0.302 e. The van der Waals surface area contributed by atoms with Crippen molar-refractivity contribution in [2.24, 2.45) is 0 Å².